The number of nitrogens with one attached hydrogen (secondary N) is 3. The molecule has 0 aliphatic heterocycles. The molecule has 3 N–H and O–H groups in total. The van der Waals surface area contributed by atoms with Crippen molar-refractivity contribution in [1.29, 1.82) is 0 Å². The number of amides is 2. The third kappa shape index (κ3) is 7.07. The first-order valence-electron chi connectivity index (χ1n) is 14.5. The van der Waals surface area contributed by atoms with Crippen LogP contribution < -0.4 is 16.0 Å². The van der Waals surface area contributed by atoms with Crippen molar-refractivity contribution in [3.05, 3.63) is 94.9 Å². The van der Waals surface area contributed by atoms with Gasteiger partial charge >= 0.3 is 0 Å². The monoisotopic (exact) mass is 582 g/mol. The minimum absolute atomic E-state index is 0.00950. The zero-order chi connectivity index (χ0) is 29.3. The summed E-state index contributed by atoms with van der Waals surface area (Å²) in [6.45, 7) is 5.63. The minimum Gasteiger partial charge on any atom is -0.378 e. The molecule has 2 amide bonds. The van der Waals surface area contributed by atoms with E-state index in [-0.39, 0.29) is 11.8 Å². The van der Waals surface area contributed by atoms with Crippen molar-refractivity contribution in [2.24, 2.45) is 0 Å². The molecule has 7 nitrogen and oxygen atoms in total. The number of aryl methyl sites for hydroxylation is 2. The van der Waals surface area contributed by atoms with Crippen LogP contribution in [-0.4, -0.2) is 49.7 Å². The number of nitrogens with zero attached hydrogens (tertiary/aromatic N) is 1. The van der Waals surface area contributed by atoms with Gasteiger partial charge in [0.15, 0.2) is 0 Å². The van der Waals surface area contributed by atoms with Gasteiger partial charge in [0.2, 0.25) is 5.91 Å². The SMILES string of the molecule is CCn1c2ccc(CNC)cc2c2ccc(-c3cc(CCC(=O)NCCOCCNC(=O)c4ccccc4)cs3)cc21. The zero-order valence-corrected chi connectivity index (χ0v) is 25.1. The molecule has 0 fully saturated rings. The number of rotatable bonds is 14. The highest BCUT2D eigenvalue weighted by Crippen LogP contribution is 2.35. The molecule has 0 saturated heterocycles. The van der Waals surface area contributed by atoms with E-state index in [9.17, 15) is 9.59 Å². The molecular weight excluding hydrogens is 544 g/mol. The second kappa shape index (κ2) is 14.3. The lowest BCUT2D eigenvalue weighted by atomic mass is 10.1. The Morgan fingerprint density at radius 2 is 1.67 bits per heavy atom. The third-order valence-electron chi connectivity index (χ3n) is 7.34. The number of fused-ring (bicyclic) bond motifs is 3. The Morgan fingerprint density at radius 3 is 2.45 bits per heavy atom. The number of thiophene rings is 1. The van der Waals surface area contributed by atoms with E-state index in [0.29, 0.717) is 44.7 Å². The Bertz CT molecular complexity index is 1660. The van der Waals surface area contributed by atoms with Gasteiger partial charge in [0.25, 0.3) is 5.91 Å². The second-order valence-corrected chi connectivity index (χ2v) is 11.2. The maximum atomic E-state index is 12.4. The number of hydrogen-bond acceptors (Lipinski definition) is 5. The summed E-state index contributed by atoms with van der Waals surface area (Å²) in [6, 6.07) is 24.8. The number of ether oxygens (including phenoxy) is 1. The van der Waals surface area contributed by atoms with Gasteiger partial charge in [0.05, 0.1) is 13.2 Å². The average molecular weight is 583 g/mol. The fourth-order valence-corrected chi connectivity index (χ4v) is 6.20. The van der Waals surface area contributed by atoms with Crippen molar-refractivity contribution in [2.75, 3.05) is 33.4 Å². The Hall–Kier alpha value is -3.98. The van der Waals surface area contributed by atoms with Gasteiger partial charge in [-0.15, -0.1) is 11.3 Å². The summed E-state index contributed by atoms with van der Waals surface area (Å²) in [5.74, 6) is -0.108. The predicted octanol–water partition coefficient (Wildman–Crippen LogP) is 5.76. The molecule has 0 aliphatic rings. The smallest absolute Gasteiger partial charge is 0.251 e. The van der Waals surface area contributed by atoms with Crippen molar-refractivity contribution in [3.8, 4) is 10.4 Å². The van der Waals surface area contributed by atoms with Gasteiger partial charge < -0.3 is 25.3 Å². The molecule has 0 aliphatic carbocycles. The van der Waals surface area contributed by atoms with Crippen LogP contribution in [0.2, 0.25) is 0 Å². The summed E-state index contributed by atoms with van der Waals surface area (Å²) in [5.41, 5.74) is 6.80. The van der Waals surface area contributed by atoms with E-state index in [2.05, 4.69) is 75.3 Å². The first-order chi connectivity index (χ1) is 20.6. The summed E-state index contributed by atoms with van der Waals surface area (Å²) in [5, 5.41) is 13.7. The van der Waals surface area contributed by atoms with Gasteiger partial charge in [0, 0.05) is 64.8 Å². The van der Waals surface area contributed by atoms with E-state index in [4.69, 9.17) is 4.74 Å². The standard InChI is InChI=1S/C34H38N4O3S/c1-3-38-30-13-9-24(22-35-2)19-29(30)28-12-11-27(21-31(28)38)32-20-25(23-42-32)10-14-33(39)36-15-17-41-18-16-37-34(40)26-7-5-4-6-8-26/h4-9,11-13,19-21,23,35H,3,10,14-18,22H2,1-2H3,(H,36,39)(H,37,40). The lowest BCUT2D eigenvalue weighted by molar-refractivity contribution is -0.121. The molecular formula is C34H38N4O3S. The fourth-order valence-electron chi connectivity index (χ4n) is 5.25. The summed E-state index contributed by atoms with van der Waals surface area (Å²) in [4.78, 5) is 25.6. The van der Waals surface area contributed by atoms with E-state index in [0.717, 1.165) is 13.1 Å². The van der Waals surface area contributed by atoms with E-state index >= 15 is 0 Å². The molecule has 42 heavy (non-hydrogen) atoms. The molecule has 5 rings (SSSR count). The highest BCUT2D eigenvalue weighted by atomic mass is 32.1. The summed E-state index contributed by atoms with van der Waals surface area (Å²) in [6.07, 6.45) is 1.13. The molecule has 5 aromatic rings. The van der Waals surface area contributed by atoms with E-state index in [1.807, 2.05) is 25.2 Å². The Balaban J connectivity index is 1.08. The Labute approximate surface area is 250 Å². The van der Waals surface area contributed by atoms with Gasteiger partial charge in [-0.2, -0.15) is 0 Å². The van der Waals surface area contributed by atoms with Gasteiger partial charge in [-0.25, -0.2) is 0 Å². The lowest BCUT2D eigenvalue weighted by Gasteiger charge is -2.08. The summed E-state index contributed by atoms with van der Waals surface area (Å²) < 4.78 is 7.93. The number of hydrogen-bond donors (Lipinski definition) is 3. The van der Waals surface area contributed by atoms with Crippen molar-refractivity contribution >= 4 is 45.0 Å². The van der Waals surface area contributed by atoms with Gasteiger partial charge in [0.1, 0.15) is 0 Å². The molecule has 0 radical (unpaired) electrons. The number of carbonyl (C=O) groups excluding carboxylic acids is 2. The average Bonchev–Trinajstić information content (AvgIpc) is 3.62. The molecule has 0 saturated carbocycles. The van der Waals surface area contributed by atoms with Crippen LogP contribution in [0.4, 0.5) is 0 Å². The number of benzene rings is 3. The van der Waals surface area contributed by atoms with Crippen LogP contribution in [0, 0.1) is 0 Å². The van der Waals surface area contributed by atoms with E-state index < -0.39 is 0 Å². The lowest BCUT2D eigenvalue weighted by Crippen LogP contribution is -2.30. The molecule has 2 aromatic heterocycles. The van der Waals surface area contributed by atoms with Gasteiger partial charge in [-0.1, -0.05) is 36.4 Å². The fraction of sp³-hybridized carbons (Fsp3) is 0.294. The van der Waals surface area contributed by atoms with Gasteiger partial charge in [-0.3, -0.25) is 9.59 Å². The molecule has 8 heteroatoms. The summed E-state index contributed by atoms with van der Waals surface area (Å²) >= 11 is 1.72. The van der Waals surface area contributed by atoms with Crippen LogP contribution in [0.3, 0.4) is 0 Å². The molecule has 2 heterocycles. The molecule has 0 spiro atoms. The van der Waals surface area contributed by atoms with Gasteiger partial charge in [-0.05, 0) is 78.9 Å². The van der Waals surface area contributed by atoms with Crippen LogP contribution >= 0.6 is 11.3 Å². The van der Waals surface area contributed by atoms with E-state index in [1.54, 1.807) is 23.5 Å². The van der Waals surface area contributed by atoms with E-state index in [1.165, 1.54) is 43.4 Å². The topological polar surface area (TPSA) is 84.4 Å². The van der Waals surface area contributed by atoms with Crippen LogP contribution in [0.15, 0.2) is 78.2 Å². The maximum absolute atomic E-state index is 12.4. The number of aromatic nitrogens is 1. The largest absolute Gasteiger partial charge is 0.378 e. The molecule has 218 valence electrons. The third-order valence-corrected chi connectivity index (χ3v) is 8.37. The summed E-state index contributed by atoms with van der Waals surface area (Å²) in [7, 11) is 1.98. The van der Waals surface area contributed by atoms with Crippen molar-refractivity contribution in [2.45, 2.75) is 32.9 Å². The molecule has 0 bridgehead atoms. The molecule has 0 atom stereocenters. The maximum Gasteiger partial charge on any atom is 0.251 e. The van der Waals surface area contributed by atoms with Crippen LogP contribution in [-0.2, 0) is 29.0 Å². The Kier molecular flexibility index (Phi) is 10.0. The van der Waals surface area contributed by atoms with Crippen molar-refractivity contribution < 1.29 is 14.3 Å². The first kappa shape index (κ1) is 29.5. The van der Waals surface area contributed by atoms with Crippen LogP contribution in [0.5, 0.6) is 0 Å². The highest BCUT2D eigenvalue weighted by Gasteiger charge is 2.13. The Morgan fingerprint density at radius 1 is 0.857 bits per heavy atom. The first-order valence-corrected chi connectivity index (χ1v) is 15.4. The molecule has 3 aromatic carbocycles. The second-order valence-electron chi connectivity index (χ2n) is 10.3. The predicted molar refractivity (Wildman–Crippen MR) is 172 cm³/mol. The zero-order valence-electron chi connectivity index (χ0n) is 24.2. The minimum atomic E-state index is -0.118. The van der Waals surface area contributed by atoms with Crippen molar-refractivity contribution in [1.82, 2.24) is 20.5 Å². The number of carbonyl (C=O) groups is 2. The van der Waals surface area contributed by atoms with Crippen LogP contribution in [0.1, 0.15) is 34.8 Å². The van der Waals surface area contributed by atoms with Crippen LogP contribution in [0.25, 0.3) is 32.2 Å². The van der Waals surface area contributed by atoms with Crippen molar-refractivity contribution in [3.63, 3.8) is 0 Å². The quantitative estimate of drug-likeness (QED) is 0.146. The molecule has 0 unspecified atom stereocenters. The normalized spacial score (nSPS) is 11.3. The highest BCUT2D eigenvalue weighted by molar-refractivity contribution is 7.13.